The third-order valence-corrected chi connectivity index (χ3v) is 3.07. The van der Waals surface area contributed by atoms with Gasteiger partial charge in [-0.25, -0.2) is 0 Å². The smallest absolute Gasteiger partial charge is 0.254 e. The minimum absolute atomic E-state index is 0. The molecule has 6 heteroatoms. The number of aromatic nitrogens is 4. The molecular formula is C18H23N5O. The molecule has 0 fully saturated rings. The fourth-order valence-corrected chi connectivity index (χ4v) is 2.00. The van der Waals surface area contributed by atoms with E-state index < -0.39 is 0 Å². The van der Waals surface area contributed by atoms with Crippen LogP contribution in [0.15, 0.2) is 60.9 Å². The zero-order chi connectivity index (χ0) is 17.5. The highest BCUT2D eigenvalue weighted by Crippen LogP contribution is 2.17. The average molecular weight is 325 g/mol. The Labute approximate surface area is 143 Å². The molecule has 0 atom stereocenters. The molecule has 1 N–H and O–H groups in total. The quantitative estimate of drug-likeness (QED) is 0.620. The van der Waals surface area contributed by atoms with Crippen LogP contribution in [0.4, 0.5) is 5.95 Å². The maximum Gasteiger partial charge on any atom is 0.254 e. The molecule has 0 radical (unpaired) electrons. The Morgan fingerprint density at radius 1 is 1.42 bits per heavy atom. The number of allylic oxidation sites excluding steroid dienone is 3. The Bertz CT molecular complexity index is 780. The summed E-state index contributed by atoms with van der Waals surface area (Å²) in [6, 6.07) is 5.46. The summed E-state index contributed by atoms with van der Waals surface area (Å²) in [5.74, 6) is 0.554. The van der Waals surface area contributed by atoms with Crippen molar-refractivity contribution in [3.05, 3.63) is 60.9 Å². The van der Waals surface area contributed by atoms with Gasteiger partial charge in [0.25, 0.3) is 5.91 Å². The topological polar surface area (TPSA) is 72.7 Å². The third kappa shape index (κ3) is 4.49. The molecule has 0 amide bonds. The van der Waals surface area contributed by atoms with Crippen LogP contribution >= 0.6 is 0 Å². The van der Waals surface area contributed by atoms with Gasteiger partial charge in [0, 0.05) is 14.2 Å². The van der Waals surface area contributed by atoms with Gasteiger partial charge in [0.1, 0.15) is 5.69 Å². The van der Waals surface area contributed by atoms with E-state index in [-0.39, 0.29) is 13.8 Å². The molecule has 0 saturated carbocycles. The number of nitrogens with one attached hydrogen (secondary N) is 1. The van der Waals surface area contributed by atoms with Crippen LogP contribution in [0.3, 0.4) is 0 Å². The molecule has 0 spiro atoms. The molecule has 0 aliphatic heterocycles. The Morgan fingerprint density at radius 2 is 2.21 bits per heavy atom. The summed E-state index contributed by atoms with van der Waals surface area (Å²) in [7, 11) is 0. The van der Waals surface area contributed by atoms with Crippen LogP contribution in [0.2, 0.25) is 0 Å². The van der Waals surface area contributed by atoms with E-state index in [1.807, 2.05) is 32.1 Å². The largest absolute Gasteiger partial charge is 0.350 e. The van der Waals surface area contributed by atoms with Crippen molar-refractivity contribution in [2.45, 2.75) is 20.3 Å². The Balaban J connectivity index is 0.00000312. The van der Waals surface area contributed by atoms with Crippen LogP contribution in [-0.4, -0.2) is 32.2 Å². The molecule has 2 aromatic heterocycles. The van der Waals surface area contributed by atoms with Crippen molar-refractivity contribution in [1.82, 2.24) is 19.7 Å². The highest BCUT2D eigenvalue weighted by atomic mass is 16.2. The second kappa shape index (κ2) is 8.01. The van der Waals surface area contributed by atoms with Gasteiger partial charge in [-0.1, -0.05) is 36.9 Å². The zero-order valence-corrected chi connectivity index (χ0v) is 14.0. The van der Waals surface area contributed by atoms with Crippen LogP contribution in [0, 0.1) is 0 Å². The van der Waals surface area contributed by atoms with Gasteiger partial charge in [0.2, 0.25) is 11.8 Å². The van der Waals surface area contributed by atoms with Gasteiger partial charge in [0.15, 0.2) is 0 Å². The normalized spacial score (nSPS) is 10.8. The van der Waals surface area contributed by atoms with Crippen LogP contribution in [-0.2, 0) is 0 Å². The van der Waals surface area contributed by atoms with Crippen molar-refractivity contribution in [2.75, 3.05) is 11.9 Å². The molecule has 2 heterocycles. The Morgan fingerprint density at radius 3 is 2.83 bits per heavy atom. The maximum absolute atomic E-state index is 12.5. The molecular weight excluding hydrogens is 302 g/mol. The van der Waals surface area contributed by atoms with Crippen molar-refractivity contribution in [2.24, 2.45) is 0 Å². The number of rotatable bonds is 7. The number of pyridine rings is 1. The highest BCUT2D eigenvalue weighted by Gasteiger charge is 2.17. The van der Waals surface area contributed by atoms with E-state index in [1.54, 1.807) is 18.3 Å². The molecule has 0 aliphatic rings. The van der Waals surface area contributed by atoms with E-state index in [0.29, 0.717) is 29.6 Å². The summed E-state index contributed by atoms with van der Waals surface area (Å²) in [5.41, 5.74) is 2.24. The summed E-state index contributed by atoms with van der Waals surface area (Å²) < 4.78 is 1.27. The lowest BCUT2D eigenvalue weighted by molar-refractivity contribution is 0.0902. The summed E-state index contributed by atoms with van der Waals surface area (Å²) in [6.45, 7) is 12.0. The van der Waals surface area contributed by atoms with E-state index in [9.17, 15) is 4.79 Å². The number of anilines is 1. The van der Waals surface area contributed by atoms with E-state index >= 15 is 0 Å². The molecule has 2 aromatic rings. The van der Waals surface area contributed by atoms with E-state index in [1.165, 1.54) is 4.68 Å². The van der Waals surface area contributed by atoms with Crippen LogP contribution in [0.1, 0.15) is 26.5 Å². The van der Waals surface area contributed by atoms with Crippen molar-refractivity contribution in [3.63, 3.8) is 0 Å². The molecule has 0 unspecified atom stereocenters. The summed E-state index contributed by atoms with van der Waals surface area (Å²) in [5, 5.41) is 7.39. The van der Waals surface area contributed by atoms with Crippen LogP contribution < -0.4 is 5.32 Å². The minimum Gasteiger partial charge on any atom is -0.350 e. The molecule has 0 aromatic carbocycles. The highest BCUT2D eigenvalue weighted by molar-refractivity contribution is 5.83. The van der Waals surface area contributed by atoms with Gasteiger partial charge >= 0.3 is 0 Å². The first kappa shape index (κ1) is 17.3. The first-order valence-electron chi connectivity index (χ1n) is 7.61. The Hall–Kier alpha value is -3.02. The number of hydrogen-bond donors (Lipinski definition) is 1. The predicted octanol–water partition coefficient (Wildman–Crippen LogP) is 3.74. The first-order valence-corrected chi connectivity index (χ1v) is 7.61. The van der Waals surface area contributed by atoms with Gasteiger partial charge in [-0.2, -0.15) is 9.67 Å². The monoisotopic (exact) mass is 325 g/mol. The summed E-state index contributed by atoms with van der Waals surface area (Å²) >= 11 is 0. The maximum atomic E-state index is 12.5. The van der Waals surface area contributed by atoms with Gasteiger partial charge in [0.05, 0.1) is 6.42 Å². The fraction of sp³-hybridized carbons (Fsp3) is 0.222. The molecule has 2 rings (SSSR count). The second-order valence-electron chi connectivity index (χ2n) is 5.43. The number of carbonyl (C=O) groups excluding carboxylic acids is 1. The van der Waals surface area contributed by atoms with Crippen molar-refractivity contribution in [1.29, 1.82) is 0 Å². The lowest BCUT2D eigenvalue weighted by Crippen LogP contribution is -2.17. The first-order chi connectivity index (χ1) is 11.5. The van der Waals surface area contributed by atoms with E-state index in [0.717, 1.165) is 5.57 Å². The fourth-order valence-electron chi connectivity index (χ4n) is 2.00. The standard InChI is InChI=1S/C18H21N5O.H2/c1-5-8-14(4)11-16(24)23-18(20-12-13(2)3)21-17(22-23)15-9-6-7-10-19-15;/h5-10H,2,4,11-12H2,1,3H3,(H,20,21,22);1H/b8-5-;. The molecule has 6 nitrogen and oxygen atoms in total. The summed E-state index contributed by atoms with van der Waals surface area (Å²) in [4.78, 5) is 21.1. The van der Waals surface area contributed by atoms with E-state index in [2.05, 4.69) is 33.5 Å². The average Bonchev–Trinajstić information content (AvgIpc) is 2.98. The lowest BCUT2D eigenvalue weighted by atomic mass is 10.2. The zero-order valence-electron chi connectivity index (χ0n) is 14.0. The molecule has 0 bridgehead atoms. The van der Waals surface area contributed by atoms with Gasteiger partial charge in [-0.15, -0.1) is 5.10 Å². The molecule has 126 valence electrons. The molecule has 0 saturated heterocycles. The number of nitrogens with zero attached hydrogens (tertiary/aromatic N) is 4. The molecule has 0 aliphatic carbocycles. The lowest BCUT2D eigenvalue weighted by Gasteiger charge is -2.06. The number of hydrogen-bond acceptors (Lipinski definition) is 5. The third-order valence-electron chi connectivity index (χ3n) is 3.07. The second-order valence-corrected chi connectivity index (χ2v) is 5.43. The minimum atomic E-state index is -0.211. The van der Waals surface area contributed by atoms with Gasteiger partial charge in [-0.3, -0.25) is 9.78 Å². The van der Waals surface area contributed by atoms with Crippen molar-refractivity contribution < 1.29 is 6.22 Å². The SMILES string of the molecule is C=C(C)CNc1nc(-c2ccccn2)nn1C(=O)CC(=C)/C=C\C.[HH]. The van der Waals surface area contributed by atoms with Crippen LogP contribution in [0.25, 0.3) is 11.5 Å². The van der Waals surface area contributed by atoms with Gasteiger partial charge in [-0.05, 0) is 31.6 Å². The van der Waals surface area contributed by atoms with E-state index in [4.69, 9.17) is 0 Å². The summed E-state index contributed by atoms with van der Waals surface area (Å²) in [6.07, 6.45) is 5.47. The predicted molar refractivity (Wildman–Crippen MR) is 97.9 cm³/mol. The van der Waals surface area contributed by atoms with Crippen molar-refractivity contribution >= 4 is 11.9 Å². The van der Waals surface area contributed by atoms with Crippen molar-refractivity contribution in [3.8, 4) is 11.5 Å². The van der Waals surface area contributed by atoms with Gasteiger partial charge < -0.3 is 5.32 Å². The molecule has 24 heavy (non-hydrogen) atoms. The number of carbonyl (C=O) groups is 1. The van der Waals surface area contributed by atoms with Crippen LogP contribution in [0.5, 0.6) is 0 Å². The Kier molecular flexibility index (Phi) is 5.78.